The van der Waals surface area contributed by atoms with Crippen molar-refractivity contribution in [3.63, 3.8) is 0 Å². The zero-order chi connectivity index (χ0) is 31.0. The lowest BCUT2D eigenvalue weighted by Crippen LogP contribution is -2.51. The van der Waals surface area contributed by atoms with Gasteiger partial charge in [0.15, 0.2) is 11.5 Å². The highest BCUT2D eigenvalue weighted by Crippen LogP contribution is 2.33. The Morgan fingerprint density at radius 2 is 1.60 bits per heavy atom. The first kappa shape index (κ1) is 32.8. The third-order valence-electron chi connectivity index (χ3n) is 6.73. The maximum Gasteiger partial charge on any atom is 0.264 e. The minimum Gasteiger partial charge on any atom is -0.493 e. The quantitative estimate of drug-likeness (QED) is 0.286. The summed E-state index contributed by atoms with van der Waals surface area (Å²) in [6.07, 6.45) is 0.723. The Balaban J connectivity index is 2.11. The number of nitrogens with one attached hydrogen (secondary N) is 1. The molecule has 0 saturated carbocycles. The molecular weight excluding hydrogens is 578 g/mol. The average molecular weight is 616 g/mol. The predicted octanol–water partition coefficient (Wildman–Crippen LogP) is 5.11. The summed E-state index contributed by atoms with van der Waals surface area (Å²) in [5, 5.41) is 3.26. The van der Waals surface area contributed by atoms with Crippen LogP contribution in [0.25, 0.3) is 0 Å². The standard InChI is InChI=1S/C31H38ClN3O6S/c1-7-14-33-31(37)23(4)34(19-24-10-8-9-11-27(24)32)30(36)20-35(25-16-21(2)15-22(3)17-25)42(38,39)26-12-13-28(40-5)29(18-26)41-6/h8-13,15-18,23H,7,14,19-20H2,1-6H3,(H,33,37)/t23-/m1/s1. The number of anilines is 1. The van der Waals surface area contributed by atoms with Crippen LogP contribution in [0.15, 0.2) is 65.6 Å². The van der Waals surface area contributed by atoms with Crippen molar-refractivity contribution in [3.8, 4) is 11.5 Å². The molecule has 9 nitrogen and oxygen atoms in total. The summed E-state index contributed by atoms with van der Waals surface area (Å²) in [6.45, 7) is 7.14. The first-order chi connectivity index (χ1) is 19.9. The molecule has 11 heteroatoms. The number of amides is 2. The maximum absolute atomic E-state index is 14.2. The summed E-state index contributed by atoms with van der Waals surface area (Å²) >= 11 is 6.42. The highest BCUT2D eigenvalue weighted by Gasteiger charge is 2.33. The smallest absolute Gasteiger partial charge is 0.264 e. The largest absolute Gasteiger partial charge is 0.493 e. The van der Waals surface area contributed by atoms with Gasteiger partial charge in [-0.3, -0.25) is 13.9 Å². The molecule has 0 aliphatic heterocycles. The molecule has 0 saturated heterocycles. The van der Waals surface area contributed by atoms with Crippen molar-refractivity contribution in [2.45, 2.75) is 51.6 Å². The van der Waals surface area contributed by atoms with Gasteiger partial charge in [0.1, 0.15) is 12.6 Å². The van der Waals surface area contributed by atoms with Crippen molar-refractivity contribution in [1.82, 2.24) is 10.2 Å². The number of benzene rings is 3. The molecule has 2 amide bonds. The Labute approximate surface area is 253 Å². The number of methoxy groups -OCH3 is 2. The van der Waals surface area contributed by atoms with E-state index in [-0.39, 0.29) is 23.1 Å². The van der Waals surface area contributed by atoms with Crippen molar-refractivity contribution >= 4 is 39.1 Å². The fourth-order valence-corrected chi connectivity index (χ4v) is 6.13. The van der Waals surface area contributed by atoms with Gasteiger partial charge in [-0.2, -0.15) is 0 Å². The van der Waals surface area contributed by atoms with Crippen LogP contribution in [0.5, 0.6) is 11.5 Å². The lowest BCUT2D eigenvalue weighted by atomic mass is 10.1. The normalized spacial score (nSPS) is 11.9. The highest BCUT2D eigenvalue weighted by atomic mass is 35.5. The van der Waals surface area contributed by atoms with Crippen LogP contribution in [0, 0.1) is 13.8 Å². The summed E-state index contributed by atoms with van der Waals surface area (Å²) in [6, 6.07) is 15.7. The van der Waals surface area contributed by atoms with Crippen LogP contribution in [-0.4, -0.2) is 58.5 Å². The second kappa shape index (κ2) is 14.4. The first-order valence-electron chi connectivity index (χ1n) is 13.6. The molecule has 1 N–H and O–H groups in total. The van der Waals surface area contributed by atoms with E-state index < -0.39 is 28.5 Å². The number of nitrogens with zero attached hydrogens (tertiary/aromatic N) is 2. The second-order valence-corrected chi connectivity index (χ2v) is 12.2. The van der Waals surface area contributed by atoms with Crippen LogP contribution in [0.2, 0.25) is 5.02 Å². The summed E-state index contributed by atoms with van der Waals surface area (Å²) in [4.78, 5) is 28.4. The lowest BCUT2D eigenvalue weighted by Gasteiger charge is -2.32. The predicted molar refractivity (Wildman–Crippen MR) is 165 cm³/mol. The molecule has 0 heterocycles. The van der Waals surface area contributed by atoms with Gasteiger partial charge in [0, 0.05) is 24.2 Å². The second-order valence-electron chi connectivity index (χ2n) is 9.95. The Morgan fingerprint density at radius 1 is 0.952 bits per heavy atom. The van der Waals surface area contributed by atoms with Crippen LogP contribution in [-0.2, 0) is 26.2 Å². The van der Waals surface area contributed by atoms with Crippen LogP contribution >= 0.6 is 11.6 Å². The fourth-order valence-electron chi connectivity index (χ4n) is 4.52. The van der Waals surface area contributed by atoms with E-state index in [9.17, 15) is 18.0 Å². The van der Waals surface area contributed by atoms with Crippen molar-refractivity contribution in [2.24, 2.45) is 0 Å². The molecule has 0 bridgehead atoms. The Morgan fingerprint density at radius 3 is 2.19 bits per heavy atom. The van der Waals surface area contributed by atoms with Gasteiger partial charge in [-0.25, -0.2) is 8.42 Å². The minimum absolute atomic E-state index is 0.0102. The third kappa shape index (κ3) is 7.74. The van der Waals surface area contributed by atoms with Crippen LogP contribution in [0.1, 0.15) is 37.0 Å². The van der Waals surface area contributed by atoms with Crippen LogP contribution in [0.3, 0.4) is 0 Å². The van der Waals surface area contributed by atoms with Crippen molar-refractivity contribution < 1.29 is 27.5 Å². The average Bonchev–Trinajstić information content (AvgIpc) is 2.96. The van der Waals surface area contributed by atoms with Crippen molar-refractivity contribution in [3.05, 3.63) is 82.4 Å². The lowest BCUT2D eigenvalue weighted by molar-refractivity contribution is -0.139. The molecule has 0 fully saturated rings. The summed E-state index contributed by atoms with van der Waals surface area (Å²) in [5.74, 6) is -0.328. The monoisotopic (exact) mass is 615 g/mol. The SMILES string of the molecule is CCCNC(=O)[C@@H](C)N(Cc1ccccc1Cl)C(=O)CN(c1cc(C)cc(C)c1)S(=O)(=O)c1ccc(OC)c(OC)c1. The molecule has 42 heavy (non-hydrogen) atoms. The number of rotatable bonds is 13. The third-order valence-corrected chi connectivity index (χ3v) is 8.87. The zero-order valence-corrected chi connectivity index (χ0v) is 26.4. The molecule has 3 aromatic carbocycles. The van der Waals surface area contributed by atoms with Gasteiger partial charge in [0.05, 0.1) is 24.8 Å². The zero-order valence-electron chi connectivity index (χ0n) is 24.8. The molecule has 0 radical (unpaired) electrons. The van der Waals surface area contributed by atoms with Crippen molar-refractivity contribution in [2.75, 3.05) is 31.6 Å². The maximum atomic E-state index is 14.2. The molecule has 0 aromatic heterocycles. The number of sulfonamides is 1. The number of ether oxygens (including phenoxy) is 2. The molecule has 3 rings (SSSR count). The van der Waals surface area contributed by atoms with Gasteiger partial charge >= 0.3 is 0 Å². The van der Waals surface area contributed by atoms with Crippen LogP contribution in [0.4, 0.5) is 5.69 Å². The molecular formula is C31H38ClN3O6S. The molecule has 3 aromatic rings. The van der Waals surface area contributed by atoms with Gasteiger partial charge in [-0.05, 0) is 74.2 Å². The molecule has 0 spiro atoms. The summed E-state index contributed by atoms with van der Waals surface area (Å²) < 4.78 is 40.1. The first-order valence-corrected chi connectivity index (χ1v) is 15.4. The van der Waals surface area contributed by atoms with Gasteiger partial charge in [-0.1, -0.05) is 42.8 Å². The molecule has 0 aliphatic carbocycles. The van der Waals surface area contributed by atoms with E-state index in [1.165, 1.54) is 37.3 Å². The number of aryl methyl sites for hydroxylation is 2. The van der Waals surface area contributed by atoms with Crippen LogP contribution < -0.4 is 19.1 Å². The van der Waals surface area contributed by atoms with E-state index in [0.29, 0.717) is 28.6 Å². The Bertz CT molecular complexity index is 1510. The fraction of sp³-hybridized carbons (Fsp3) is 0.355. The Kier molecular flexibility index (Phi) is 11.2. The van der Waals surface area contributed by atoms with E-state index >= 15 is 0 Å². The van der Waals surface area contributed by atoms with E-state index in [1.807, 2.05) is 26.8 Å². The van der Waals surface area contributed by atoms with Gasteiger partial charge in [-0.15, -0.1) is 0 Å². The number of carbonyl (C=O) groups is 2. The topological polar surface area (TPSA) is 105 Å². The number of halogens is 1. The minimum atomic E-state index is -4.29. The number of hydrogen-bond acceptors (Lipinski definition) is 6. The number of carbonyl (C=O) groups excluding carboxylic acids is 2. The molecule has 0 unspecified atom stereocenters. The molecule has 0 aliphatic rings. The van der Waals surface area contributed by atoms with E-state index in [2.05, 4.69) is 5.32 Å². The van der Waals surface area contributed by atoms with Gasteiger partial charge < -0.3 is 19.7 Å². The summed E-state index contributed by atoms with van der Waals surface area (Å²) in [5.41, 5.74) is 2.59. The molecule has 1 atom stereocenters. The number of hydrogen-bond donors (Lipinski definition) is 1. The Hall–Kier alpha value is -3.76. The molecule has 226 valence electrons. The van der Waals surface area contributed by atoms with E-state index in [0.717, 1.165) is 21.9 Å². The summed E-state index contributed by atoms with van der Waals surface area (Å²) in [7, 11) is -1.42. The van der Waals surface area contributed by atoms with Gasteiger partial charge in [0.2, 0.25) is 11.8 Å². The van der Waals surface area contributed by atoms with Gasteiger partial charge in [0.25, 0.3) is 10.0 Å². The van der Waals surface area contributed by atoms with E-state index in [1.54, 1.807) is 43.3 Å². The van der Waals surface area contributed by atoms with E-state index in [4.69, 9.17) is 21.1 Å². The highest BCUT2D eigenvalue weighted by molar-refractivity contribution is 7.92. The van der Waals surface area contributed by atoms with Crippen molar-refractivity contribution in [1.29, 1.82) is 0 Å².